The van der Waals surface area contributed by atoms with E-state index in [4.69, 9.17) is 11.6 Å². The van der Waals surface area contributed by atoms with Crippen LogP contribution in [0.3, 0.4) is 0 Å². The van der Waals surface area contributed by atoms with Gasteiger partial charge in [-0.3, -0.25) is 19.2 Å². The van der Waals surface area contributed by atoms with Crippen molar-refractivity contribution in [2.45, 2.75) is 4.90 Å². The van der Waals surface area contributed by atoms with Crippen LogP contribution in [0.15, 0.2) is 65.6 Å². The first-order chi connectivity index (χ1) is 15.0. The average molecular weight is 482 g/mol. The Hall–Kier alpha value is -3.57. The zero-order chi connectivity index (χ0) is 23.6. The van der Waals surface area contributed by atoms with Gasteiger partial charge in [-0.05, 0) is 54.6 Å². The minimum Gasteiger partial charge on any atom is -0.322 e. The van der Waals surface area contributed by atoms with Crippen molar-refractivity contribution in [3.8, 4) is 0 Å². The molecule has 0 bridgehead atoms. The van der Waals surface area contributed by atoms with Gasteiger partial charge in [0.25, 0.3) is 15.9 Å². The Bertz CT molecular complexity index is 1320. The molecule has 0 aromatic heterocycles. The second-order valence-electron chi connectivity index (χ2n) is 6.47. The van der Waals surface area contributed by atoms with Gasteiger partial charge in [0, 0.05) is 18.8 Å². The quantitative estimate of drug-likeness (QED) is 0.408. The molecule has 0 radical (unpaired) electrons. The van der Waals surface area contributed by atoms with E-state index in [9.17, 15) is 32.1 Å². The fraction of sp³-hybridized carbons (Fsp3) is 0.0500. The van der Waals surface area contributed by atoms with E-state index in [1.165, 1.54) is 31.3 Å². The topological polar surface area (TPSA) is 110 Å². The lowest BCUT2D eigenvalue weighted by Gasteiger charge is -2.20. The largest absolute Gasteiger partial charge is 0.322 e. The maximum absolute atomic E-state index is 13.5. The van der Waals surface area contributed by atoms with E-state index in [0.717, 1.165) is 40.7 Å². The van der Waals surface area contributed by atoms with E-state index in [2.05, 4.69) is 5.32 Å². The van der Waals surface area contributed by atoms with Crippen LogP contribution in [0, 0.1) is 21.7 Å². The second-order valence-corrected chi connectivity index (χ2v) is 8.84. The van der Waals surface area contributed by atoms with Crippen LogP contribution in [0.5, 0.6) is 0 Å². The third kappa shape index (κ3) is 4.68. The lowest BCUT2D eigenvalue weighted by atomic mass is 10.2. The van der Waals surface area contributed by atoms with E-state index in [1.807, 2.05) is 0 Å². The number of hydrogen-bond acceptors (Lipinski definition) is 5. The molecule has 0 atom stereocenters. The van der Waals surface area contributed by atoms with Gasteiger partial charge in [0.2, 0.25) is 5.82 Å². The highest BCUT2D eigenvalue weighted by molar-refractivity contribution is 7.92. The summed E-state index contributed by atoms with van der Waals surface area (Å²) < 4.78 is 53.5. The van der Waals surface area contributed by atoms with E-state index >= 15 is 0 Å². The number of nitro benzene ring substituents is 1. The molecule has 32 heavy (non-hydrogen) atoms. The predicted octanol–water partition coefficient (Wildman–Crippen LogP) is 4.60. The molecule has 8 nitrogen and oxygen atoms in total. The van der Waals surface area contributed by atoms with E-state index in [0.29, 0.717) is 0 Å². The molecule has 0 spiro atoms. The first-order valence-electron chi connectivity index (χ1n) is 8.80. The smallest absolute Gasteiger partial charge is 0.306 e. The zero-order valence-corrected chi connectivity index (χ0v) is 17.8. The van der Waals surface area contributed by atoms with Crippen molar-refractivity contribution >= 4 is 44.6 Å². The lowest BCUT2D eigenvalue weighted by Crippen LogP contribution is -2.27. The van der Waals surface area contributed by atoms with E-state index in [1.54, 1.807) is 0 Å². The van der Waals surface area contributed by atoms with Gasteiger partial charge in [0.05, 0.1) is 26.1 Å². The van der Waals surface area contributed by atoms with Gasteiger partial charge >= 0.3 is 5.69 Å². The summed E-state index contributed by atoms with van der Waals surface area (Å²) in [6.07, 6.45) is 0. The highest BCUT2D eigenvalue weighted by atomic mass is 35.5. The van der Waals surface area contributed by atoms with Crippen molar-refractivity contribution in [2.24, 2.45) is 0 Å². The summed E-state index contributed by atoms with van der Waals surface area (Å²) in [5.74, 6) is -2.48. The molecule has 12 heteroatoms. The second kappa shape index (κ2) is 8.89. The Kier molecular flexibility index (Phi) is 6.42. The van der Waals surface area contributed by atoms with Crippen LogP contribution in [0.25, 0.3) is 0 Å². The number of carbonyl (C=O) groups excluding carboxylic acids is 1. The Morgan fingerprint density at radius 2 is 1.72 bits per heavy atom. The number of sulfonamides is 1. The number of hydrogen-bond donors (Lipinski definition) is 1. The van der Waals surface area contributed by atoms with Crippen LogP contribution in [0.2, 0.25) is 5.02 Å². The van der Waals surface area contributed by atoms with Crippen molar-refractivity contribution in [1.82, 2.24) is 0 Å². The normalized spacial score (nSPS) is 11.1. The molecule has 3 rings (SSSR count). The van der Waals surface area contributed by atoms with Gasteiger partial charge in [-0.15, -0.1) is 0 Å². The molecular formula is C20H14ClF2N3O5S. The molecule has 0 saturated carbocycles. The Labute approximate surface area is 186 Å². The van der Waals surface area contributed by atoms with Crippen molar-refractivity contribution in [3.05, 3.63) is 93.0 Å². The van der Waals surface area contributed by atoms with Crippen molar-refractivity contribution in [1.29, 1.82) is 0 Å². The molecule has 1 amide bonds. The molecule has 0 fully saturated rings. The predicted molar refractivity (Wildman–Crippen MR) is 114 cm³/mol. The number of nitrogens with one attached hydrogen (secondary N) is 1. The maximum Gasteiger partial charge on any atom is 0.306 e. The highest BCUT2D eigenvalue weighted by Gasteiger charge is 2.24. The number of carbonyl (C=O) groups is 1. The molecule has 3 aromatic rings. The summed E-state index contributed by atoms with van der Waals surface area (Å²) in [6.45, 7) is 0. The fourth-order valence-electron chi connectivity index (χ4n) is 2.72. The SMILES string of the molecule is CN(c1ccc(F)cc1)S(=O)(=O)c1ccc(Cl)c(C(=O)Nc2ccc(F)c([N+](=O)[O-])c2)c1. The van der Waals surface area contributed by atoms with E-state index < -0.39 is 38.2 Å². The number of nitrogens with zero attached hydrogens (tertiary/aromatic N) is 2. The minimum atomic E-state index is -4.14. The first-order valence-corrected chi connectivity index (χ1v) is 10.6. The minimum absolute atomic E-state index is 0.0810. The number of anilines is 2. The zero-order valence-electron chi connectivity index (χ0n) is 16.3. The Morgan fingerprint density at radius 3 is 2.34 bits per heavy atom. The van der Waals surface area contributed by atoms with Crippen LogP contribution >= 0.6 is 11.6 Å². The van der Waals surface area contributed by atoms with E-state index in [-0.39, 0.29) is 26.9 Å². The molecule has 0 aliphatic heterocycles. The molecular weight excluding hydrogens is 468 g/mol. The van der Waals surface area contributed by atoms with Gasteiger partial charge in [-0.25, -0.2) is 12.8 Å². The summed E-state index contributed by atoms with van der Waals surface area (Å²) in [7, 11) is -2.88. The molecule has 0 aliphatic carbocycles. The summed E-state index contributed by atoms with van der Waals surface area (Å²) in [6, 6.07) is 10.9. The lowest BCUT2D eigenvalue weighted by molar-refractivity contribution is -0.387. The Balaban J connectivity index is 1.93. The molecule has 0 saturated heterocycles. The standard InChI is InChI=1S/C20H14ClF2N3O5S/c1-25(14-5-2-12(22)3-6-14)32(30,31)15-7-8-17(21)16(11-15)20(27)24-13-4-9-18(23)19(10-13)26(28)29/h2-11H,1H3,(H,24,27). The van der Waals surface area contributed by atoms with Gasteiger partial charge in [0.15, 0.2) is 0 Å². The third-order valence-electron chi connectivity index (χ3n) is 4.43. The summed E-state index contributed by atoms with van der Waals surface area (Å²) >= 11 is 6.05. The number of amides is 1. The molecule has 0 unspecified atom stereocenters. The Morgan fingerprint density at radius 1 is 1.06 bits per heavy atom. The number of benzene rings is 3. The third-order valence-corrected chi connectivity index (χ3v) is 6.54. The van der Waals surface area contributed by atoms with Gasteiger partial charge in [0.1, 0.15) is 5.82 Å². The number of halogens is 3. The molecule has 3 aromatic carbocycles. The number of rotatable bonds is 6. The highest BCUT2D eigenvalue weighted by Crippen LogP contribution is 2.27. The van der Waals surface area contributed by atoms with Crippen LogP contribution in [0.4, 0.5) is 25.8 Å². The van der Waals surface area contributed by atoms with Gasteiger partial charge < -0.3 is 5.32 Å². The summed E-state index contributed by atoms with van der Waals surface area (Å²) in [4.78, 5) is 22.3. The maximum atomic E-state index is 13.5. The van der Waals surface area contributed by atoms with Crippen molar-refractivity contribution in [2.75, 3.05) is 16.7 Å². The van der Waals surface area contributed by atoms with Crippen molar-refractivity contribution < 1.29 is 26.9 Å². The van der Waals surface area contributed by atoms with Crippen LogP contribution in [-0.4, -0.2) is 26.3 Å². The molecule has 166 valence electrons. The average Bonchev–Trinajstić information content (AvgIpc) is 2.75. The fourth-order valence-corrected chi connectivity index (χ4v) is 4.14. The molecule has 0 heterocycles. The first kappa shape index (κ1) is 23.1. The molecule has 1 N–H and O–H groups in total. The van der Waals surface area contributed by atoms with Crippen LogP contribution < -0.4 is 9.62 Å². The molecule has 0 aliphatic rings. The van der Waals surface area contributed by atoms with Crippen LogP contribution in [0.1, 0.15) is 10.4 Å². The summed E-state index contributed by atoms with van der Waals surface area (Å²) in [5.41, 5.74) is -0.972. The van der Waals surface area contributed by atoms with Crippen LogP contribution in [-0.2, 0) is 10.0 Å². The van der Waals surface area contributed by atoms with Gasteiger partial charge in [-0.2, -0.15) is 4.39 Å². The number of nitro groups is 1. The monoisotopic (exact) mass is 481 g/mol. The summed E-state index contributed by atoms with van der Waals surface area (Å²) in [5, 5.41) is 13.1. The van der Waals surface area contributed by atoms with Gasteiger partial charge in [-0.1, -0.05) is 11.6 Å². The van der Waals surface area contributed by atoms with Crippen molar-refractivity contribution in [3.63, 3.8) is 0 Å².